The van der Waals surface area contributed by atoms with Gasteiger partial charge in [-0.2, -0.15) is 4.31 Å². The molecule has 1 rings (SSSR count). The van der Waals surface area contributed by atoms with Crippen LogP contribution in [0.1, 0.15) is 32.5 Å². The van der Waals surface area contributed by atoms with Gasteiger partial charge in [0.15, 0.2) is 5.03 Å². The van der Waals surface area contributed by atoms with E-state index in [1.54, 1.807) is 6.20 Å². The van der Waals surface area contributed by atoms with Gasteiger partial charge in [-0.05, 0) is 19.8 Å². The lowest BCUT2D eigenvalue weighted by atomic mass is 10.5. The number of rotatable bonds is 8. The first-order chi connectivity index (χ1) is 8.97. The fourth-order valence-electron chi connectivity index (χ4n) is 1.95. The van der Waals surface area contributed by atoms with Crippen molar-refractivity contribution in [3.63, 3.8) is 0 Å². The summed E-state index contributed by atoms with van der Waals surface area (Å²) >= 11 is 0. The van der Waals surface area contributed by atoms with Gasteiger partial charge in [-0.15, -0.1) is 0 Å². The first kappa shape index (κ1) is 16.1. The molecule has 110 valence electrons. The van der Waals surface area contributed by atoms with Crippen LogP contribution < -0.4 is 5.73 Å². The Morgan fingerprint density at radius 2 is 2.00 bits per heavy atom. The molecule has 0 aliphatic rings. The molecule has 0 amide bonds. The quantitative estimate of drug-likeness (QED) is 0.772. The highest BCUT2D eigenvalue weighted by atomic mass is 32.2. The van der Waals surface area contributed by atoms with Crippen LogP contribution in [0.5, 0.6) is 0 Å². The predicted octanol–water partition coefficient (Wildman–Crippen LogP) is 0.961. The second-order valence-corrected chi connectivity index (χ2v) is 6.40. The van der Waals surface area contributed by atoms with E-state index in [1.165, 1.54) is 4.31 Å². The molecule has 19 heavy (non-hydrogen) atoms. The number of hydrogen-bond donors (Lipinski definition) is 1. The highest BCUT2D eigenvalue weighted by Crippen LogP contribution is 2.15. The lowest BCUT2D eigenvalue weighted by Gasteiger charge is -2.19. The standard InChI is InChI=1S/C12H24N4O2S/c1-4-7-15-10-12(14-11(15)3)19(17,18)16(8-5-2)9-6-13/h10H,4-9,13H2,1-3H3. The molecule has 0 aliphatic heterocycles. The molecular formula is C12H24N4O2S. The Morgan fingerprint density at radius 1 is 1.32 bits per heavy atom. The Hall–Kier alpha value is -0.920. The molecule has 0 radical (unpaired) electrons. The summed E-state index contributed by atoms with van der Waals surface area (Å²) in [6.07, 6.45) is 3.32. The third kappa shape index (κ3) is 3.77. The summed E-state index contributed by atoms with van der Waals surface area (Å²) in [4.78, 5) is 4.18. The Kier molecular flexibility index (Phi) is 5.96. The van der Waals surface area contributed by atoms with E-state index in [4.69, 9.17) is 5.73 Å². The monoisotopic (exact) mass is 288 g/mol. The van der Waals surface area contributed by atoms with Gasteiger partial charge in [-0.3, -0.25) is 0 Å². The minimum absolute atomic E-state index is 0.125. The van der Waals surface area contributed by atoms with E-state index in [1.807, 2.05) is 25.3 Å². The van der Waals surface area contributed by atoms with Crippen molar-refractivity contribution < 1.29 is 8.42 Å². The lowest BCUT2D eigenvalue weighted by molar-refractivity contribution is 0.416. The van der Waals surface area contributed by atoms with Crippen LogP contribution in [0.2, 0.25) is 0 Å². The summed E-state index contributed by atoms with van der Waals surface area (Å²) in [5.41, 5.74) is 5.49. The summed E-state index contributed by atoms with van der Waals surface area (Å²) in [5.74, 6) is 0.727. The third-order valence-corrected chi connectivity index (χ3v) is 4.64. The maximum absolute atomic E-state index is 12.5. The molecule has 1 aromatic heterocycles. The maximum atomic E-state index is 12.5. The van der Waals surface area contributed by atoms with Crippen molar-refractivity contribution in [3.05, 3.63) is 12.0 Å². The number of aryl methyl sites for hydroxylation is 2. The fourth-order valence-corrected chi connectivity index (χ4v) is 3.49. The van der Waals surface area contributed by atoms with Gasteiger partial charge >= 0.3 is 0 Å². The molecule has 0 aromatic carbocycles. The van der Waals surface area contributed by atoms with E-state index in [2.05, 4.69) is 4.98 Å². The molecule has 1 aromatic rings. The third-order valence-electron chi connectivity index (χ3n) is 2.87. The molecular weight excluding hydrogens is 264 g/mol. The Labute approximate surface area is 115 Å². The van der Waals surface area contributed by atoms with Crippen LogP contribution in [0.15, 0.2) is 11.2 Å². The van der Waals surface area contributed by atoms with Crippen LogP contribution in [-0.4, -0.2) is 41.9 Å². The van der Waals surface area contributed by atoms with Gasteiger partial charge in [0.25, 0.3) is 10.0 Å². The number of sulfonamides is 1. The molecule has 0 atom stereocenters. The number of nitrogens with two attached hydrogens (primary N) is 1. The van der Waals surface area contributed by atoms with Crippen LogP contribution >= 0.6 is 0 Å². The van der Waals surface area contributed by atoms with Gasteiger partial charge in [0.05, 0.1) is 0 Å². The first-order valence-corrected chi connectivity index (χ1v) is 8.15. The van der Waals surface area contributed by atoms with Crippen molar-refractivity contribution in [2.24, 2.45) is 5.73 Å². The van der Waals surface area contributed by atoms with Gasteiger partial charge in [-0.1, -0.05) is 13.8 Å². The van der Waals surface area contributed by atoms with E-state index in [9.17, 15) is 8.42 Å². The van der Waals surface area contributed by atoms with E-state index in [0.717, 1.165) is 25.2 Å². The second kappa shape index (κ2) is 7.02. The Balaban J connectivity index is 3.06. The zero-order chi connectivity index (χ0) is 14.5. The predicted molar refractivity (Wildman–Crippen MR) is 75.4 cm³/mol. The molecule has 6 nitrogen and oxygen atoms in total. The topological polar surface area (TPSA) is 81.2 Å². The normalized spacial score (nSPS) is 12.3. The highest BCUT2D eigenvalue weighted by molar-refractivity contribution is 7.89. The van der Waals surface area contributed by atoms with E-state index < -0.39 is 10.0 Å². The molecule has 0 saturated carbocycles. The smallest absolute Gasteiger partial charge is 0.262 e. The van der Waals surface area contributed by atoms with Gasteiger partial charge in [-0.25, -0.2) is 13.4 Å². The molecule has 2 N–H and O–H groups in total. The van der Waals surface area contributed by atoms with Gasteiger partial charge in [0.2, 0.25) is 0 Å². The minimum Gasteiger partial charge on any atom is -0.334 e. The minimum atomic E-state index is -3.52. The van der Waals surface area contributed by atoms with Crippen molar-refractivity contribution in [3.8, 4) is 0 Å². The second-order valence-electron chi connectivity index (χ2n) is 4.51. The van der Waals surface area contributed by atoms with E-state index >= 15 is 0 Å². The van der Waals surface area contributed by atoms with Crippen molar-refractivity contribution in [2.75, 3.05) is 19.6 Å². The first-order valence-electron chi connectivity index (χ1n) is 6.71. The van der Waals surface area contributed by atoms with Crippen molar-refractivity contribution in [1.82, 2.24) is 13.9 Å². The van der Waals surface area contributed by atoms with Crippen LogP contribution in [0, 0.1) is 6.92 Å². The average Bonchev–Trinajstić information content (AvgIpc) is 2.72. The fraction of sp³-hybridized carbons (Fsp3) is 0.750. The van der Waals surface area contributed by atoms with Crippen molar-refractivity contribution >= 4 is 10.0 Å². The molecule has 0 aliphatic carbocycles. The Bertz CT molecular complexity index is 490. The summed E-state index contributed by atoms with van der Waals surface area (Å²) in [6, 6.07) is 0. The van der Waals surface area contributed by atoms with Gasteiger partial charge in [0, 0.05) is 32.4 Å². The zero-order valence-corrected chi connectivity index (χ0v) is 12.8. The molecule has 7 heteroatoms. The number of aromatic nitrogens is 2. The summed E-state index contributed by atoms with van der Waals surface area (Å²) < 4.78 is 28.2. The summed E-state index contributed by atoms with van der Waals surface area (Å²) in [7, 11) is -3.52. The lowest BCUT2D eigenvalue weighted by Crippen LogP contribution is -2.36. The van der Waals surface area contributed by atoms with Crippen LogP contribution in [0.3, 0.4) is 0 Å². The van der Waals surface area contributed by atoms with E-state index in [0.29, 0.717) is 19.6 Å². The van der Waals surface area contributed by atoms with Crippen LogP contribution in [-0.2, 0) is 16.6 Å². The van der Waals surface area contributed by atoms with Gasteiger partial charge < -0.3 is 10.3 Å². The van der Waals surface area contributed by atoms with E-state index in [-0.39, 0.29) is 5.03 Å². The van der Waals surface area contributed by atoms with Crippen molar-refractivity contribution in [2.45, 2.75) is 45.2 Å². The Morgan fingerprint density at radius 3 is 2.53 bits per heavy atom. The molecule has 0 spiro atoms. The zero-order valence-electron chi connectivity index (χ0n) is 12.0. The largest absolute Gasteiger partial charge is 0.334 e. The molecule has 0 bridgehead atoms. The molecule has 0 saturated heterocycles. The SMILES string of the molecule is CCCN(CCN)S(=O)(=O)c1cn(CCC)c(C)n1. The molecule has 0 fully saturated rings. The van der Waals surface area contributed by atoms with Crippen LogP contribution in [0.25, 0.3) is 0 Å². The summed E-state index contributed by atoms with van der Waals surface area (Å²) in [6.45, 7) is 7.70. The maximum Gasteiger partial charge on any atom is 0.262 e. The molecule has 1 heterocycles. The number of imidazole rings is 1. The number of hydrogen-bond acceptors (Lipinski definition) is 4. The molecule has 0 unspecified atom stereocenters. The average molecular weight is 288 g/mol. The summed E-state index contributed by atoms with van der Waals surface area (Å²) in [5, 5.41) is 0.125. The van der Waals surface area contributed by atoms with Crippen LogP contribution in [0.4, 0.5) is 0 Å². The number of nitrogens with zero attached hydrogens (tertiary/aromatic N) is 3. The highest BCUT2D eigenvalue weighted by Gasteiger charge is 2.26. The van der Waals surface area contributed by atoms with Crippen molar-refractivity contribution in [1.29, 1.82) is 0 Å². The van der Waals surface area contributed by atoms with Gasteiger partial charge in [0.1, 0.15) is 5.82 Å².